The SMILES string of the molecule is C=CCCC1(O[Si](C)(C)C(C)(C)C)CC=CC1. The van der Waals surface area contributed by atoms with Crippen molar-refractivity contribution in [3.8, 4) is 0 Å². The highest BCUT2D eigenvalue weighted by molar-refractivity contribution is 6.74. The van der Waals surface area contributed by atoms with Gasteiger partial charge in [0.1, 0.15) is 0 Å². The Morgan fingerprint density at radius 3 is 2.24 bits per heavy atom. The largest absolute Gasteiger partial charge is 0.411 e. The van der Waals surface area contributed by atoms with Gasteiger partial charge in [-0.1, -0.05) is 39.0 Å². The van der Waals surface area contributed by atoms with E-state index in [9.17, 15) is 0 Å². The Hall–Kier alpha value is -0.343. The Balaban J connectivity index is 2.77. The summed E-state index contributed by atoms with van der Waals surface area (Å²) in [6.07, 6.45) is 10.9. The van der Waals surface area contributed by atoms with Gasteiger partial charge in [0.2, 0.25) is 0 Å². The van der Waals surface area contributed by atoms with Gasteiger partial charge < -0.3 is 4.43 Å². The highest BCUT2D eigenvalue weighted by Crippen LogP contribution is 2.43. The molecule has 0 aromatic heterocycles. The third kappa shape index (κ3) is 3.56. The zero-order valence-electron chi connectivity index (χ0n) is 12.2. The van der Waals surface area contributed by atoms with Crippen molar-refractivity contribution in [3.63, 3.8) is 0 Å². The van der Waals surface area contributed by atoms with Crippen molar-refractivity contribution in [2.45, 2.75) is 70.2 Å². The molecule has 2 heteroatoms. The molecule has 0 fully saturated rings. The fourth-order valence-corrected chi connectivity index (χ4v) is 3.73. The fraction of sp³-hybridized carbons (Fsp3) is 0.733. The van der Waals surface area contributed by atoms with E-state index in [1.165, 1.54) is 0 Å². The molecule has 1 rings (SSSR count). The van der Waals surface area contributed by atoms with E-state index in [1.54, 1.807) is 0 Å². The lowest BCUT2D eigenvalue weighted by atomic mass is 9.95. The molecule has 0 bridgehead atoms. The number of allylic oxidation sites excluding steroid dienone is 1. The van der Waals surface area contributed by atoms with Crippen LogP contribution in [0, 0.1) is 0 Å². The Morgan fingerprint density at radius 1 is 1.29 bits per heavy atom. The van der Waals surface area contributed by atoms with Crippen LogP contribution in [-0.2, 0) is 4.43 Å². The smallest absolute Gasteiger partial charge is 0.192 e. The van der Waals surface area contributed by atoms with Crippen molar-refractivity contribution in [3.05, 3.63) is 24.8 Å². The summed E-state index contributed by atoms with van der Waals surface area (Å²) in [5, 5.41) is 0.288. The van der Waals surface area contributed by atoms with Crippen LogP contribution in [0.2, 0.25) is 18.1 Å². The number of hydrogen-bond donors (Lipinski definition) is 0. The van der Waals surface area contributed by atoms with Gasteiger partial charge in [-0.25, -0.2) is 0 Å². The van der Waals surface area contributed by atoms with E-state index >= 15 is 0 Å². The van der Waals surface area contributed by atoms with Crippen molar-refractivity contribution in [1.82, 2.24) is 0 Å². The molecule has 0 N–H and O–H groups in total. The van der Waals surface area contributed by atoms with Crippen LogP contribution in [-0.4, -0.2) is 13.9 Å². The molecule has 0 aliphatic heterocycles. The van der Waals surface area contributed by atoms with Gasteiger partial charge in [0.15, 0.2) is 8.32 Å². The molecule has 0 saturated heterocycles. The Bertz CT molecular complexity index is 289. The van der Waals surface area contributed by atoms with E-state index in [1.807, 2.05) is 6.08 Å². The molecule has 0 aromatic carbocycles. The standard InChI is InChI=1S/C15H28OSi/c1-7-8-11-15(12-9-10-13-15)16-17(5,6)14(2,3)4/h7,9-10H,1,8,11-13H2,2-6H3. The molecule has 1 aliphatic rings. The molecule has 0 spiro atoms. The van der Waals surface area contributed by atoms with Gasteiger partial charge in [0.05, 0.1) is 5.60 Å². The van der Waals surface area contributed by atoms with Gasteiger partial charge in [-0.15, -0.1) is 6.58 Å². The lowest BCUT2D eigenvalue weighted by Crippen LogP contribution is -2.48. The first kappa shape index (κ1) is 14.7. The third-order valence-corrected chi connectivity index (χ3v) is 8.78. The zero-order valence-corrected chi connectivity index (χ0v) is 13.2. The molecule has 1 nitrogen and oxygen atoms in total. The minimum absolute atomic E-state index is 0.0667. The zero-order chi connectivity index (χ0) is 13.2. The molecule has 0 heterocycles. The molecule has 0 saturated carbocycles. The normalized spacial score (nSPS) is 19.6. The van der Waals surface area contributed by atoms with Crippen molar-refractivity contribution < 1.29 is 4.43 Å². The van der Waals surface area contributed by atoms with Gasteiger partial charge in [-0.05, 0) is 43.8 Å². The molecule has 1 aliphatic carbocycles. The maximum atomic E-state index is 6.68. The molecule has 0 unspecified atom stereocenters. The monoisotopic (exact) mass is 252 g/mol. The van der Waals surface area contributed by atoms with Crippen LogP contribution in [0.25, 0.3) is 0 Å². The lowest BCUT2D eigenvalue weighted by molar-refractivity contribution is 0.0580. The third-order valence-electron chi connectivity index (χ3n) is 4.23. The second-order valence-electron chi connectivity index (χ2n) is 6.75. The summed E-state index contributed by atoms with van der Waals surface area (Å²) in [5.74, 6) is 0. The van der Waals surface area contributed by atoms with E-state index in [2.05, 4.69) is 52.6 Å². The number of rotatable bonds is 5. The van der Waals surface area contributed by atoms with Gasteiger partial charge >= 0.3 is 0 Å². The van der Waals surface area contributed by atoms with Crippen molar-refractivity contribution in [1.29, 1.82) is 0 Å². The Morgan fingerprint density at radius 2 is 1.82 bits per heavy atom. The lowest BCUT2D eigenvalue weighted by Gasteiger charge is -2.44. The highest BCUT2D eigenvalue weighted by atomic mass is 28.4. The minimum Gasteiger partial charge on any atom is -0.411 e. The predicted molar refractivity (Wildman–Crippen MR) is 78.8 cm³/mol. The summed E-state index contributed by atoms with van der Waals surface area (Å²) < 4.78 is 6.68. The predicted octanol–water partition coefficient (Wildman–Crippen LogP) is 5.06. The summed E-state index contributed by atoms with van der Waals surface area (Å²) in [6, 6.07) is 0. The molecule has 98 valence electrons. The first-order chi connectivity index (χ1) is 7.72. The van der Waals surface area contributed by atoms with Crippen LogP contribution < -0.4 is 0 Å². The van der Waals surface area contributed by atoms with Crippen LogP contribution >= 0.6 is 0 Å². The number of hydrogen-bond acceptors (Lipinski definition) is 1. The highest BCUT2D eigenvalue weighted by Gasteiger charge is 2.44. The van der Waals surface area contributed by atoms with E-state index in [0.717, 1.165) is 25.7 Å². The summed E-state index contributed by atoms with van der Waals surface area (Å²) in [6.45, 7) is 15.5. The van der Waals surface area contributed by atoms with Crippen molar-refractivity contribution >= 4 is 8.32 Å². The van der Waals surface area contributed by atoms with E-state index in [0.29, 0.717) is 0 Å². The first-order valence-corrected chi connectivity index (χ1v) is 9.59. The average molecular weight is 252 g/mol. The van der Waals surface area contributed by atoms with E-state index < -0.39 is 8.32 Å². The maximum absolute atomic E-state index is 6.68. The van der Waals surface area contributed by atoms with Crippen LogP contribution in [0.3, 0.4) is 0 Å². The van der Waals surface area contributed by atoms with Crippen LogP contribution in [0.4, 0.5) is 0 Å². The van der Waals surface area contributed by atoms with Gasteiger partial charge in [-0.2, -0.15) is 0 Å². The molecule has 0 aromatic rings. The summed E-state index contributed by atoms with van der Waals surface area (Å²) >= 11 is 0. The topological polar surface area (TPSA) is 9.23 Å². The summed E-state index contributed by atoms with van der Waals surface area (Å²) in [4.78, 5) is 0. The molecule has 0 atom stereocenters. The first-order valence-electron chi connectivity index (χ1n) is 6.69. The van der Waals surface area contributed by atoms with Gasteiger partial charge in [-0.3, -0.25) is 0 Å². The van der Waals surface area contributed by atoms with Crippen LogP contribution in [0.1, 0.15) is 46.5 Å². The molecular formula is C15H28OSi. The molecule has 17 heavy (non-hydrogen) atoms. The van der Waals surface area contributed by atoms with Gasteiger partial charge in [0, 0.05) is 0 Å². The van der Waals surface area contributed by atoms with Crippen LogP contribution in [0.15, 0.2) is 24.8 Å². The van der Waals surface area contributed by atoms with E-state index in [4.69, 9.17) is 4.43 Å². The quantitative estimate of drug-likeness (QED) is 0.491. The van der Waals surface area contributed by atoms with Gasteiger partial charge in [0.25, 0.3) is 0 Å². The molecule has 0 amide bonds. The summed E-state index contributed by atoms with van der Waals surface area (Å²) in [5.41, 5.74) is 0.0667. The van der Waals surface area contributed by atoms with Crippen molar-refractivity contribution in [2.24, 2.45) is 0 Å². The second-order valence-corrected chi connectivity index (χ2v) is 11.5. The Labute approximate surface area is 108 Å². The molecular weight excluding hydrogens is 224 g/mol. The average Bonchev–Trinajstić information content (AvgIpc) is 2.61. The summed E-state index contributed by atoms with van der Waals surface area (Å²) in [7, 11) is -1.67. The maximum Gasteiger partial charge on any atom is 0.192 e. The molecule has 0 radical (unpaired) electrons. The fourth-order valence-electron chi connectivity index (χ4n) is 2.08. The van der Waals surface area contributed by atoms with Crippen LogP contribution in [0.5, 0.6) is 0 Å². The second kappa shape index (κ2) is 5.11. The minimum atomic E-state index is -1.67. The Kier molecular flexibility index (Phi) is 4.42. The van der Waals surface area contributed by atoms with E-state index in [-0.39, 0.29) is 10.6 Å². The van der Waals surface area contributed by atoms with Crippen molar-refractivity contribution in [2.75, 3.05) is 0 Å².